The van der Waals surface area contributed by atoms with E-state index in [9.17, 15) is 0 Å². The fraction of sp³-hybridized carbons (Fsp3) is 0.846. The van der Waals surface area contributed by atoms with Gasteiger partial charge in [-0.3, -0.25) is 0 Å². The number of unbranched alkanes of at least 4 members (excludes halogenated alkanes) is 4. The molecule has 0 saturated carbocycles. The van der Waals surface area contributed by atoms with Crippen molar-refractivity contribution in [3.05, 3.63) is 0 Å². The van der Waals surface area contributed by atoms with Crippen molar-refractivity contribution in [3.8, 4) is 10.8 Å². The average Bonchev–Trinajstić information content (AvgIpc) is 2.18. The second-order valence-electron chi connectivity index (χ2n) is 4.87. The molecule has 0 saturated heterocycles. The molecule has 0 aromatic heterocycles. The van der Waals surface area contributed by atoms with Gasteiger partial charge in [0.1, 0.15) is 0 Å². The summed E-state index contributed by atoms with van der Waals surface area (Å²) < 4.78 is 0. The highest BCUT2D eigenvalue weighted by Gasteiger charge is 2.24. The van der Waals surface area contributed by atoms with Crippen LogP contribution in [0.1, 0.15) is 59.3 Å². The van der Waals surface area contributed by atoms with Crippen molar-refractivity contribution in [2.45, 2.75) is 65.3 Å². The molecule has 0 aromatic rings. The summed E-state index contributed by atoms with van der Waals surface area (Å²) in [6, 6.07) is -0.0250. The molecule has 0 aromatic carbocycles. The molecule has 15 heavy (non-hydrogen) atoms. The predicted molar refractivity (Wildman–Crippen MR) is 71.8 cm³/mol. The van der Waals surface area contributed by atoms with Crippen LogP contribution >= 0.6 is 15.9 Å². The Morgan fingerprint density at radius 3 is 2.33 bits per heavy atom. The lowest BCUT2D eigenvalue weighted by atomic mass is 9.80. The molecule has 0 bridgehead atoms. The smallest absolute Gasteiger partial charge is 0.0725 e. The molecular formula is C13H24BrN. The third-order valence-electron chi connectivity index (χ3n) is 2.98. The Balaban J connectivity index is 3.76. The highest BCUT2D eigenvalue weighted by molar-refractivity contribution is 9.12. The highest BCUT2D eigenvalue weighted by atomic mass is 79.9. The zero-order valence-electron chi connectivity index (χ0n) is 10.3. The second kappa shape index (κ2) is 8.19. The monoisotopic (exact) mass is 273 g/mol. The molecular weight excluding hydrogens is 250 g/mol. The standard InChI is InChI=1S/C13H24BrN/c1-4-5-6-7-8-10-13(2,3)12(15)9-11-14/h12H,4-8,10,15H2,1-3H3. The first kappa shape index (κ1) is 15.0. The third-order valence-corrected chi connectivity index (χ3v) is 3.21. The van der Waals surface area contributed by atoms with Gasteiger partial charge in [-0.2, -0.15) is 0 Å². The maximum Gasteiger partial charge on any atom is 0.0725 e. The van der Waals surface area contributed by atoms with Crippen LogP contribution in [0.2, 0.25) is 0 Å². The SMILES string of the molecule is CCCCCCCC(C)(C)C(N)C#CBr. The molecule has 1 atom stereocenters. The van der Waals surface area contributed by atoms with Crippen molar-refractivity contribution in [2.24, 2.45) is 11.1 Å². The molecule has 0 fully saturated rings. The van der Waals surface area contributed by atoms with Crippen molar-refractivity contribution in [1.29, 1.82) is 0 Å². The predicted octanol–water partition coefficient (Wildman–Crippen LogP) is 4.06. The Morgan fingerprint density at radius 2 is 1.80 bits per heavy atom. The first-order valence-electron chi connectivity index (χ1n) is 5.91. The quantitative estimate of drug-likeness (QED) is 0.550. The van der Waals surface area contributed by atoms with Crippen LogP contribution in [0.4, 0.5) is 0 Å². The Labute approximate surface area is 103 Å². The molecule has 0 aliphatic heterocycles. The summed E-state index contributed by atoms with van der Waals surface area (Å²) in [7, 11) is 0. The van der Waals surface area contributed by atoms with Crippen LogP contribution in [0.3, 0.4) is 0 Å². The number of hydrogen-bond donors (Lipinski definition) is 1. The molecule has 0 aliphatic carbocycles. The van der Waals surface area contributed by atoms with Crippen LogP contribution in [-0.4, -0.2) is 6.04 Å². The van der Waals surface area contributed by atoms with Gasteiger partial charge in [-0.1, -0.05) is 58.8 Å². The van der Waals surface area contributed by atoms with Gasteiger partial charge in [0, 0.05) is 15.9 Å². The molecule has 0 spiro atoms. The Kier molecular flexibility index (Phi) is 8.19. The largest absolute Gasteiger partial charge is 0.317 e. The molecule has 0 heterocycles. The van der Waals surface area contributed by atoms with E-state index in [4.69, 9.17) is 5.73 Å². The molecule has 1 nitrogen and oxygen atoms in total. The summed E-state index contributed by atoms with van der Waals surface area (Å²) in [4.78, 5) is 2.72. The summed E-state index contributed by atoms with van der Waals surface area (Å²) in [6.45, 7) is 6.65. The van der Waals surface area contributed by atoms with E-state index in [1.54, 1.807) is 0 Å². The first-order valence-corrected chi connectivity index (χ1v) is 6.70. The van der Waals surface area contributed by atoms with Crippen LogP contribution in [0.5, 0.6) is 0 Å². The van der Waals surface area contributed by atoms with Gasteiger partial charge in [0.05, 0.1) is 6.04 Å². The van der Waals surface area contributed by atoms with Crippen molar-refractivity contribution < 1.29 is 0 Å². The van der Waals surface area contributed by atoms with Gasteiger partial charge in [-0.05, 0) is 16.7 Å². The topological polar surface area (TPSA) is 26.0 Å². The van der Waals surface area contributed by atoms with Gasteiger partial charge >= 0.3 is 0 Å². The van der Waals surface area contributed by atoms with E-state index in [0.29, 0.717) is 0 Å². The summed E-state index contributed by atoms with van der Waals surface area (Å²) in [5, 5.41) is 0. The van der Waals surface area contributed by atoms with E-state index in [2.05, 4.69) is 47.5 Å². The minimum atomic E-state index is -0.0250. The van der Waals surface area contributed by atoms with E-state index in [0.717, 1.165) is 0 Å². The normalized spacial score (nSPS) is 13.1. The maximum atomic E-state index is 6.00. The molecule has 2 N–H and O–H groups in total. The Hall–Kier alpha value is 0. The van der Waals surface area contributed by atoms with E-state index in [-0.39, 0.29) is 11.5 Å². The summed E-state index contributed by atoms with van der Waals surface area (Å²) >= 11 is 3.10. The minimum absolute atomic E-state index is 0.0250. The van der Waals surface area contributed by atoms with Crippen LogP contribution in [-0.2, 0) is 0 Å². The molecule has 0 amide bonds. The second-order valence-corrected chi connectivity index (χ2v) is 5.27. The molecule has 0 aliphatic rings. The van der Waals surface area contributed by atoms with Crippen LogP contribution in [0.25, 0.3) is 0 Å². The maximum absolute atomic E-state index is 6.00. The van der Waals surface area contributed by atoms with Gasteiger partial charge < -0.3 is 5.73 Å². The molecule has 2 heteroatoms. The highest BCUT2D eigenvalue weighted by Crippen LogP contribution is 2.26. The van der Waals surface area contributed by atoms with E-state index >= 15 is 0 Å². The zero-order chi connectivity index (χ0) is 11.7. The van der Waals surface area contributed by atoms with Crippen LogP contribution in [0.15, 0.2) is 0 Å². The van der Waals surface area contributed by atoms with Gasteiger partial charge in [0.15, 0.2) is 0 Å². The van der Waals surface area contributed by atoms with E-state index in [1.165, 1.54) is 38.5 Å². The van der Waals surface area contributed by atoms with E-state index < -0.39 is 0 Å². The van der Waals surface area contributed by atoms with Gasteiger partial charge in [0.25, 0.3) is 0 Å². The van der Waals surface area contributed by atoms with Crippen molar-refractivity contribution in [3.63, 3.8) is 0 Å². The fourth-order valence-electron chi connectivity index (χ4n) is 1.59. The summed E-state index contributed by atoms with van der Waals surface area (Å²) in [5.41, 5.74) is 6.13. The van der Waals surface area contributed by atoms with Crippen LogP contribution < -0.4 is 5.73 Å². The van der Waals surface area contributed by atoms with Crippen molar-refractivity contribution >= 4 is 15.9 Å². The summed E-state index contributed by atoms with van der Waals surface area (Å²) in [6.07, 6.45) is 7.77. The van der Waals surface area contributed by atoms with Crippen molar-refractivity contribution in [2.75, 3.05) is 0 Å². The fourth-order valence-corrected chi connectivity index (χ4v) is 1.84. The van der Waals surface area contributed by atoms with Gasteiger partial charge in [-0.25, -0.2) is 0 Å². The summed E-state index contributed by atoms with van der Waals surface area (Å²) in [5.74, 6) is 2.98. The lowest BCUT2D eigenvalue weighted by molar-refractivity contribution is 0.291. The Bertz CT molecular complexity index is 212. The third kappa shape index (κ3) is 6.98. The first-order chi connectivity index (χ1) is 7.04. The zero-order valence-corrected chi connectivity index (χ0v) is 11.9. The lowest BCUT2D eigenvalue weighted by Crippen LogP contribution is -2.35. The number of halogens is 1. The van der Waals surface area contributed by atoms with E-state index in [1.807, 2.05) is 0 Å². The molecule has 0 rings (SSSR count). The number of hydrogen-bond acceptors (Lipinski definition) is 1. The van der Waals surface area contributed by atoms with Gasteiger partial charge in [0.2, 0.25) is 0 Å². The molecule has 1 unspecified atom stereocenters. The lowest BCUT2D eigenvalue weighted by Gasteiger charge is -2.28. The Morgan fingerprint density at radius 1 is 1.20 bits per heavy atom. The van der Waals surface area contributed by atoms with Crippen molar-refractivity contribution in [1.82, 2.24) is 0 Å². The molecule has 0 radical (unpaired) electrons. The minimum Gasteiger partial charge on any atom is -0.317 e. The number of rotatable bonds is 7. The molecule has 88 valence electrons. The van der Waals surface area contributed by atoms with Crippen LogP contribution in [0, 0.1) is 16.2 Å². The average molecular weight is 274 g/mol. The van der Waals surface area contributed by atoms with Gasteiger partial charge in [-0.15, -0.1) is 0 Å². The number of nitrogens with two attached hydrogens (primary N) is 1.